The second-order valence-electron chi connectivity index (χ2n) is 7.17. The number of hydrogen-bond acceptors (Lipinski definition) is 3. The number of para-hydroxylation sites is 3. The summed E-state index contributed by atoms with van der Waals surface area (Å²) < 4.78 is 16.2. The van der Waals surface area contributed by atoms with E-state index in [-0.39, 0.29) is 29.8 Å². The highest BCUT2D eigenvalue weighted by Crippen LogP contribution is 2.20. The molecule has 2 heterocycles. The highest BCUT2D eigenvalue weighted by molar-refractivity contribution is 14.0. The summed E-state index contributed by atoms with van der Waals surface area (Å²) in [6, 6.07) is 15.1. The lowest BCUT2D eigenvalue weighted by Gasteiger charge is -2.37. The van der Waals surface area contributed by atoms with Crippen LogP contribution in [0.5, 0.6) is 0 Å². The molecule has 0 saturated carbocycles. The number of nitrogens with one attached hydrogen (secondary N) is 1. The second kappa shape index (κ2) is 10.1. The van der Waals surface area contributed by atoms with Gasteiger partial charge in [0.05, 0.1) is 16.7 Å². The Kier molecular flexibility index (Phi) is 7.52. The van der Waals surface area contributed by atoms with Gasteiger partial charge in [0, 0.05) is 39.8 Å². The molecule has 0 aliphatic carbocycles. The smallest absolute Gasteiger partial charge is 0.194 e. The van der Waals surface area contributed by atoms with E-state index in [0.29, 0.717) is 12.2 Å². The van der Waals surface area contributed by atoms with Crippen molar-refractivity contribution < 1.29 is 4.39 Å². The standard InChI is InChI=1S/C22H27FN6.HI/c1-3-24-22(25-16-21-26-18-9-5-7-11-20(18)27(21)2)29-14-12-28(13-15-29)19-10-6-4-8-17(19)23;/h4-11H,3,12-16H2,1-2H3,(H,24,25);1H. The first-order chi connectivity index (χ1) is 14.2. The lowest BCUT2D eigenvalue weighted by atomic mass is 10.2. The molecule has 4 rings (SSSR count). The summed E-state index contributed by atoms with van der Waals surface area (Å²) >= 11 is 0. The summed E-state index contributed by atoms with van der Waals surface area (Å²) in [6.07, 6.45) is 0. The molecular formula is C22H28FIN6. The molecule has 0 atom stereocenters. The highest BCUT2D eigenvalue weighted by Gasteiger charge is 2.21. The van der Waals surface area contributed by atoms with Crippen LogP contribution in [0.15, 0.2) is 53.5 Å². The fourth-order valence-electron chi connectivity index (χ4n) is 3.78. The number of imidazole rings is 1. The number of anilines is 1. The van der Waals surface area contributed by atoms with Crippen LogP contribution in [0, 0.1) is 5.82 Å². The maximum absolute atomic E-state index is 14.1. The van der Waals surface area contributed by atoms with Gasteiger partial charge >= 0.3 is 0 Å². The van der Waals surface area contributed by atoms with E-state index in [1.54, 1.807) is 6.07 Å². The van der Waals surface area contributed by atoms with Gasteiger partial charge in [0.2, 0.25) is 0 Å². The van der Waals surface area contributed by atoms with Crippen molar-refractivity contribution in [2.75, 3.05) is 37.6 Å². The topological polar surface area (TPSA) is 48.7 Å². The molecule has 8 heteroatoms. The minimum Gasteiger partial charge on any atom is -0.366 e. The van der Waals surface area contributed by atoms with E-state index >= 15 is 0 Å². The number of fused-ring (bicyclic) bond motifs is 1. The van der Waals surface area contributed by atoms with Gasteiger partial charge in [0.25, 0.3) is 0 Å². The number of piperazine rings is 1. The first kappa shape index (κ1) is 22.3. The molecule has 0 spiro atoms. The number of guanidine groups is 1. The average molecular weight is 522 g/mol. The minimum absolute atomic E-state index is 0. The Hall–Kier alpha value is -2.36. The van der Waals surface area contributed by atoms with Gasteiger partial charge < -0.3 is 19.7 Å². The Labute approximate surface area is 193 Å². The largest absolute Gasteiger partial charge is 0.366 e. The predicted octanol–water partition coefficient (Wildman–Crippen LogP) is 3.62. The fourth-order valence-corrected chi connectivity index (χ4v) is 3.78. The zero-order valence-corrected chi connectivity index (χ0v) is 19.7. The molecule has 1 aromatic heterocycles. The van der Waals surface area contributed by atoms with Gasteiger partial charge in [-0.3, -0.25) is 0 Å². The van der Waals surface area contributed by atoms with Gasteiger partial charge in [-0.15, -0.1) is 24.0 Å². The molecule has 0 bridgehead atoms. The van der Waals surface area contributed by atoms with Crippen LogP contribution in [-0.4, -0.2) is 53.1 Å². The molecule has 0 radical (unpaired) electrons. The van der Waals surface area contributed by atoms with Gasteiger partial charge in [-0.2, -0.15) is 0 Å². The van der Waals surface area contributed by atoms with Gasteiger partial charge in [0.15, 0.2) is 5.96 Å². The highest BCUT2D eigenvalue weighted by atomic mass is 127. The normalized spacial score (nSPS) is 14.7. The van der Waals surface area contributed by atoms with Crippen LogP contribution in [-0.2, 0) is 13.6 Å². The number of aromatic nitrogens is 2. The lowest BCUT2D eigenvalue weighted by Crippen LogP contribution is -2.52. The van der Waals surface area contributed by atoms with Crippen molar-refractivity contribution in [3.05, 3.63) is 60.2 Å². The van der Waals surface area contributed by atoms with Crippen molar-refractivity contribution >= 4 is 46.7 Å². The first-order valence-corrected chi connectivity index (χ1v) is 10.1. The van der Waals surface area contributed by atoms with E-state index < -0.39 is 0 Å². The second-order valence-corrected chi connectivity index (χ2v) is 7.17. The van der Waals surface area contributed by atoms with Gasteiger partial charge in [-0.25, -0.2) is 14.4 Å². The minimum atomic E-state index is -0.164. The van der Waals surface area contributed by atoms with E-state index in [1.807, 2.05) is 37.4 Å². The molecule has 1 aliphatic heterocycles. The summed E-state index contributed by atoms with van der Waals surface area (Å²) in [6.45, 7) is 6.50. The number of nitrogens with zero attached hydrogens (tertiary/aromatic N) is 5. The molecule has 1 fully saturated rings. The van der Waals surface area contributed by atoms with E-state index in [1.165, 1.54) is 6.07 Å². The van der Waals surface area contributed by atoms with Crippen LogP contribution >= 0.6 is 24.0 Å². The summed E-state index contributed by atoms with van der Waals surface area (Å²) in [5.74, 6) is 1.66. The molecule has 1 aliphatic rings. The Balaban J connectivity index is 0.00000256. The predicted molar refractivity (Wildman–Crippen MR) is 131 cm³/mol. The average Bonchev–Trinajstić information content (AvgIpc) is 3.07. The molecule has 0 amide bonds. The quantitative estimate of drug-likeness (QED) is 0.323. The number of aryl methyl sites for hydroxylation is 1. The summed E-state index contributed by atoms with van der Waals surface area (Å²) in [4.78, 5) is 13.9. The van der Waals surface area contributed by atoms with Crippen molar-refractivity contribution in [1.29, 1.82) is 0 Å². The maximum atomic E-state index is 14.1. The number of benzene rings is 2. The van der Waals surface area contributed by atoms with E-state index in [0.717, 1.165) is 55.5 Å². The van der Waals surface area contributed by atoms with Crippen LogP contribution in [0.3, 0.4) is 0 Å². The summed E-state index contributed by atoms with van der Waals surface area (Å²) in [5, 5.41) is 3.39. The molecule has 2 aromatic carbocycles. The molecule has 160 valence electrons. The molecule has 30 heavy (non-hydrogen) atoms. The third-order valence-corrected chi connectivity index (χ3v) is 5.36. The Morgan fingerprint density at radius 3 is 2.47 bits per heavy atom. The zero-order valence-electron chi connectivity index (χ0n) is 17.4. The molecule has 6 nitrogen and oxygen atoms in total. The van der Waals surface area contributed by atoms with E-state index in [2.05, 4.69) is 32.7 Å². The molecule has 3 aromatic rings. The lowest BCUT2D eigenvalue weighted by molar-refractivity contribution is 0.370. The third-order valence-electron chi connectivity index (χ3n) is 5.36. The van der Waals surface area contributed by atoms with E-state index in [4.69, 9.17) is 9.98 Å². The number of rotatable bonds is 4. The van der Waals surface area contributed by atoms with Crippen molar-refractivity contribution in [3.63, 3.8) is 0 Å². The fraction of sp³-hybridized carbons (Fsp3) is 0.364. The maximum Gasteiger partial charge on any atom is 0.194 e. The summed E-state index contributed by atoms with van der Waals surface area (Å²) in [7, 11) is 2.03. The van der Waals surface area contributed by atoms with Crippen LogP contribution in [0.4, 0.5) is 10.1 Å². The Bertz CT molecular complexity index is 1010. The van der Waals surface area contributed by atoms with Crippen molar-refractivity contribution in [2.24, 2.45) is 12.0 Å². The third kappa shape index (κ3) is 4.69. The van der Waals surface area contributed by atoms with E-state index in [9.17, 15) is 4.39 Å². The van der Waals surface area contributed by atoms with Gasteiger partial charge in [-0.1, -0.05) is 24.3 Å². The monoisotopic (exact) mass is 522 g/mol. The van der Waals surface area contributed by atoms with Gasteiger partial charge in [0.1, 0.15) is 18.2 Å². The Morgan fingerprint density at radius 2 is 1.77 bits per heavy atom. The van der Waals surface area contributed by atoms with Crippen LogP contribution in [0.2, 0.25) is 0 Å². The molecule has 0 unspecified atom stereocenters. The molecular weight excluding hydrogens is 494 g/mol. The van der Waals surface area contributed by atoms with Crippen molar-refractivity contribution in [3.8, 4) is 0 Å². The number of halogens is 2. The summed E-state index contributed by atoms with van der Waals surface area (Å²) in [5.41, 5.74) is 2.78. The van der Waals surface area contributed by atoms with Crippen LogP contribution in [0.25, 0.3) is 11.0 Å². The SMILES string of the molecule is CCNC(=NCc1nc2ccccc2n1C)N1CCN(c2ccccc2F)CC1.I. The van der Waals surface area contributed by atoms with Crippen molar-refractivity contribution in [2.45, 2.75) is 13.5 Å². The van der Waals surface area contributed by atoms with Crippen molar-refractivity contribution in [1.82, 2.24) is 19.8 Å². The van der Waals surface area contributed by atoms with Crippen LogP contribution < -0.4 is 10.2 Å². The molecule has 1 N–H and O–H groups in total. The molecule has 1 saturated heterocycles. The Morgan fingerprint density at radius 1 is 1.07 bits per heavy atom. The zero-order chi connectivity index (χ0) is 20.2. The first-order valence-electron chi connectivity index (χ1n) is 10.1. The number of hydrogen-bond donors (Lipinski definition) is 1. The van der Waals surface area contributed by atoms with Crippen LogP contribution in [0.1, 0.15) is 12.7 Å². The number of aliphatic imine (C=N–C) groups is 1. The van der Waals surface area contributed by atoms with Gasteiger partial charge in [-0.05, 0) is 31.2 Å².